The summed E-state index contributed by atoms with van der Waals surface area (Å²) in [7, 11) is 1.99. The lowest BCUT2D eigenvalue weighted by molar-refractivity contribution is 0.473. The molecular weight excluding hydrogens is 281 g/mol. The highest BCUT2D eigenvalue weighted by molar-refractivity contribution is 5.42. The number of halogens is 1. The maximum Gasteiger partial charge on any atom is 0.225 e. The van der Waals surface area contributed by atoms with Crippen molar-refractivity contribution in [2.75, 3.05) is 29.9 Å². The van der Waals surface area contributed by atoms with Gasteiger partial charge in [0.15, 0.2) is 11.6 Å². The summed E-state index contributed by atoms with van der Waals surface area (Å²) in [6, 6.07) is 3.32. The van der Waals surface area contributed by atoms with E-state index in [1.165, 1.54) is 6.07 Å². The molecule has 0 aromatic carbocycles. The second kappa shape index (κ2) is 6.25. The summed E-state index contributed by atoms with van der Waals surface area (Å²) < 4.78 is 13.9. The molecule has 0 N–H and O–H groups in total. The Bertz CT molecular complexity index is 631. The number of likely N-dealkylation sites (N-methyl/N-ethyl adjacent to an activating group) is 1. The van der Waals surface area contributed by atoms with Gasteiger partial charge < -0.3 is 9.80 Å². The smallest absolute Gasteiger partial charge is 0.225 e. The van der Waals surface area contributed by atoms with Crippen LogP contribution in [-0.4, -0.2) is 41.1 Å². The summed E-state index contributed by atoms with van der Waals surface area (Å²) >= 11 is 0. The van der Waals surface area contributed by atoms with Crippen LogP contribution in [0.15, 0.2) is 30.7 Å². The molecule has 22 heavy (non-hydrogen) atoms. The molecule has 2 aromatic heterocycles. The predicted molar refractivity (Wildman–Crippen MR) is 84.6 cm³/mol. The van der Waals surface area contributed by atoms with Crippen molar-refractivity contribution >= 4 is 11.8 Å². The van der Waals surface area contributed by atoms with E-state index in [4.69, 9.17) is 0 Å². The molecule has 1 aliphatic heterocycles. The molecule has 0 bridgehead atoms. The first-order chi connectivity index (χ1) is 10.6. The molecular formula is C16H20FN5. The van der Waals surface area contributed by atoms with Crippen LogP contribution in [0.4, 0.5) is 16.2 Å². The highest BCUT2D eigenvalue weighted by Crippen LogP contribution is 2.23. The lowest BCUT2D eigenvalue weighted by Crippen LogP contribution is -2.47. The largest absolute Gasteiger partial charge is 0.352 e. The van der Waals surface area contributed by atoms with Crippen LogP contribution in [0.2, 0.25) is 0 Å². The molecule has 0 spiro atoms. The minimum Gasteiger partial charge on any atom is -0.352 e. The number of nitrogens with zero attached hydrogens (tertiary/aromatic N) is 5. The number of aryl methyl sites for hydroxylation is 1. The standard InChI is InChI=1S/C16H20FN5/c1-12-9-19-16(20-10-12)21(2)13-5-4-8-22(11-13)15-14(17)6-3-7-18-15/h3,6-7,9-10,13H,4-5,8,11H2,1-2H3. The molecule has 5 nitrogen and oxygen atoms in total. The number of hydrogen-bond acceptors (Lipinski definition) is 5. The van der Waals surface area contributed by atoms with Gasteiger partial charge in [0.05, 0.1) is 0 Å². The van der Waals surface area contributed by atoms with Gasteiger partial charge in [0.1, 0.15) is 0 Å². The van der Waals surface area contributed by atoms with Crippen molar-refractivity contribution in [2.45, 2.75) is 25.8 Å². The summed E-state index contributed by atoms with van der Waals surface area (Å²) in [5, 5.41) is 0. The molecule has 2 aromatic rings. The first-order valence-corrected chi connectivity index (χ1v) is 7.52. The SMILES string of the molecule is Cc1cnc(N(C)C2CCCN(c3ncccc3F)C2)nc1. The van der Waals surface area contributed by atoms with Gasteiger partial charge in [-0.2, -0.15) is 0 Å². The Hall–Kier alpha value is -2.24. The average molecular weight is 301 g/mol. The van der Waals surface area contributed by atoms with Crippen LogP contribution in [0.3, 0.4) is 0 Å². The van der Waals surface area contributed by atoms with Gasteiger partial charge in [0.2, 0.25) is 5.95 Å². The van der Waals surface area contributed by atoms with E-state index in [9.17, 15) is 4.39 Å². The summed E-state index contributed by atoms with van der Waals surface area (Å²) in [6.45, 7) is 3.52. The summed E-state index contributed by atoms with van der Waals surface area (Å²) in [4.78, 5) is 17.0. The van der Waals surface area contributed by atoms with Gasteiger partial charge in [-0.3, -0.25) is 0 Å². The van der Waals surface area contributed by atoms with E-state index in [2.05, 4.69) is 19.9 Å². The van der Waals surface area contributed by atoms with Gasteiger partial charge in [-0.1, -0.05) is 0 Å². The third-order valence-corrected chi connectivity index (χ3v) is 4.07. The molecule has 116 valence electrons. The van der Waals surface area contributed by atoms with Crippen LogP contribution < -0.4 is 9.80 Å². The van der Waals surface area contributed by atoms with Crippen molar-refractivity contribution in [1.29, 1.82) is 0 Å². The maximum atomic E-state index is 13.9. The van der Waals surface area contributed by atoms with Gasteiger partial charge in [-0.05, 0) is 37.5 Å². The Morgan fingerprint density at radius 1 is 1.27 bits per heavy atom. The third kappa shape index (κ3) is 3.00. The fourth-order valence-corrected chi connectivity index (χ4v) is 2.80. The normalized spacial score (nSPS) is 18.3. The first-order valence-electron chi connectivity index (χ1n) is 7.52. The average Bonchev–Trinajstić information content (AvgIpc) is 2.55. The zero-order valence-electron chi connectivity index (χ0n) is 12.9. The number of piperidine rings is 1. The zero-order chi connectivity index (χ0) is 15.5. The topological polar surface area (TPSA) is 45.2 Å². The van der Waals surface area contributed by atoms with Crippen molar-refractivity contribution in [1.82, 2.24) is 15.0 Å². The minimum absolute atomic E-state index is 0.248. The first kappa shape index (κ1) is 14.7. The highest BCUT2D eigenvalue weighted by atomic mass is 19.1. The number of aromatic nitrogens is 3. The number of rotatable bonds is 3. The highest BCUT2D eigenvalue weighted by Gasteiger charge is 2.26. The lowest BCUT2D eigenvalue weighted by atomic mass is 10.0. The molecule has 1 aliphatic rings. The Kier molecular flexibility index (Phi) is 4.18. The van der Waals surface area contributed by atoms with Gasteiger partial charge in [-0.15, -0.1) is 0 Å². The van der Waals surface area contributed by atoms with E-state index in [-0.39, 0.29) is 11.9 Å². The van der Waals surface area contributed by atoms with Crippen molar-refractivity contribution in [3.05, 3.63) is 42.1 Å². The van der Waals surface area contributed by atoms with Gasteiger partial charge in [-0.25, -0.2) is 19.3 Å². The molecule has 6 heteroatoms. The monoisotopic (exact) mass is 301 g/mol. The second-order valence-corrected chi connectivity index (χ2v) is 5.72. The molecule has 3 heterocycles. The van der Waals surface area contributed by atoms with E-state index in [1.807, 2.05) is 31.3 Å². The van der Waals surface area contributed by atoms with Crippen LogP contribution >= 0.6 is 0 Å². The Labute approximate surface area is 129 Å². The fraction of sp³-hybridized carbons (Fsp3) is 0.438. The van der Waals surface area contributed by atoms with Crippen molar-refractivity contribution in [3.63, 3.8) is 0 Å². The van der Waals surface area contributed by atoms with E-state index >= 15 is 0 Å². The van der Waals surface area contributed by atoms with Crippen molar-refractivity contribution in [3.8, 4) is 0 Å². The summed E-state index contributed by atoms with van der Waals surface area (Å²) in [6.07, 6.45) is 7.31. The minimum atomic E-state index is -0.266. The Morgan fingerprint density at radius 3 is 2.77 bits per heavy atom. The second-order valence-electron chi connectivity index (χ2n) is 5.72. The van der Waals surface area contributed by atoms with E-state index in [1.54, 1.807) is 12.3 Å². The molecule has 1 saturated heterocycles. The molecule has 1 fully saturated rings. The zero-order valence-corrected chi connectivity index (χ0v) is 12.9. The molecule has 0 saturated carbocycles. The van der Waals surface area contributed by atoms with Crippen LogP contribution in [0.25, 0.3) is 0 Å². The molecule has 0 aliphatic carbocycles. The Balaban J connectivity index is 1.75. The Morgan fingerprint density at radius 2 is 2.05 bits per heavy atom. The summed E-state index contributed by atoms with van der Waals surface area (Å²) in [5.41, 5.74) is 1.04. The van der Waals surface area contributed by atoms with Crippen molar-refractivity contribution < 1.29 is 4.39 Å². The van der Waals surface area contributed by atoms with Gasteiger partial charge >= 0.3 is 0 Å². The third-order valence-electron chi connectivity index (χ3n) is 4.07. The summed E-state index contributed by atoms with van der Waals surface area (Å²) in [5.74, 6) is 0.877. The molecule has 1 unspecified atom stereocenters. The molecule has 0 amide bonds. The van der Waals surface area contributed by atoms with Crippen molar-refractivity contribution in [2.24, 2.45) is 0 Å². The van der Waals surface area contributed by atoms with Crippen LogP contribution in [-0.2, 0) is 0 Å². The predicted octanol–water partition coefficient (Wildman–Crippen LogP) is 2.42. The lowest BCUT2D eigenvalue weighted by Gasteiger charge is -2.38. The molecule has 1 atom stereocenters. The van der Waals surface area contributed by atoms with E-state index < -0.39 is 0 Å². The van der Waals surface area contributed by atoms with Crippen LogP contribution in [0.5, 0.6) is 0 Å². The quantitative estimate of drug-likeness (QED) is 0.871. The molecule has 3 rings (SSSR count). The molecule has 0 radical (unpaired) electrons. The number of hydrogen-bond donors (Lipinski definition) is 0. The fourth-order valence-electron chi connectivity index (χ4n) is 2.80. The van der Waals surface area contributed by atoms with Gasteiger partial charge in [0, 0.05) is 44.8 Å². The number of pyridine rings is 1. The van der Waals surface area contributed by atoms with E-state index in [0.29, 0.717) is 11.8 Å². The van der Waals surface area contributed by atoms with Crippen LogP contribution in [0, 0.1) is 12.7 Å². The van der Waals surface area contributed by atoms with Gasteiger partial charge in [0.25, 0.3) is 0 Å². The van der Waals surface area contributed by atoms with E-state index in [0.717, 1.165) is 31.5 Å². The number of anilines is 2. The van der Waals surface area contributed by atoms with Crippen LogP contribution in [0.1, 0.15) is 18.4 Å². The maximum absolute atomic E-state index is 13.9.